The summed E-state index contributed by atoms with van der Waals surface area (Å²) in [6.07, 6.45) is -4.51. The summed E-state index contributed by atoms with van der Waals surface area (Å²) in [5.74, 6) is -0.688. The van der Waals surface area contributed by atoms with Gasteiger partial charge in [0.05, 0.1) is 5.56 Å². The Morgan fingerprint density at radius 3 is 2.61 bits per heavy atom. The van der Waals surface area contributed by atoms with Crippen molar-refractivity contribution >= 4 is 27.9 Å². The maximum absolute atomic E-state index is 13.0. The highest BCUT2D eigenvalue weighted by atomic mass is 79.9. The fourth-order valence-electron chi connectivity index (χ4n) is 3.24. The second-order valence-corrected chi connectivity index (χ2v) is 7.96. The quantitative estimate of drug-likeness (QED) is 0.540. The van der Waals surface area contributed by atoms with Crippen molar-refractivity contribution in [1.82, 2.24) is 20.4 Å². The Bertz CT molecular complexity index is 1180. The predicted octanol–water partition coefficient (Wildman–Crippen LogP) is 4.49. The van der Waals surface area contributed by atoms with Crippen LogP contribution < -0.4 is 5.32 Å². The third-order valence-electron chi connectivity index (χ3n) is 4.89. The summed E-state index contributed by atoms with van der Waals surface area (Å²) in [5.41, 5.74) is -1.46. The van der Waals surface area contributed by atoms with E-state index in [4.69, 9.17) is 4.52 Å². The van der Waals surface area contributed by atoms with Crippen LogP contribution in [0.4, 0.5) is 18.0 Å². The van der Waals surface area contributed by atoms with E-state index in [1.165, 1.54) is 12.1 Å². The van der Waals surface area contributed by atoms with Crippen LogP contribution in [-0.2, 0) is 23.1 Å². The number of amides is 3. The first-order chi connectivity index (χ1) is 14.6. The predicted molar refractivity (Wildman–Crippen MR) is 105 cm³/mol. The van der Waals surface area contributed by atoms with Gasteiger partial charge in [-0.05, 0) is 36.8 Å². The molecule has 0 bridgehead atoms. The standard InChI is InChI=1S/C20H14BrF3N4O3/c1-19(12-5-3-7-14(21)9-12)17(29)28(18(30)26-19)10-15-25-16(27-31-15)11-4-2-6-13(8-11)20(22,23)24/h2-9H,10H2,1H3,(H,26,30). The fourth-order valence-corrected chi connectivity index (χ4v) is 3.64. The van der Waals surface area contributed by atoms with E-state index in [0.717, 1.165) is 21.5 Å². The smallest absolute Gasteiger partial charge is 0.337 e. The van der Waals surface area contributed by atoms with Crippen LogP contribution in [0.5, 0.6) is 0 Å². The number of aromatic nitrogens is 2. The Hall–Kier alpha value is -3.21. The second-order valence-electron chi connectivity index (χ2n) is 7.05. The van der Waals surface area contributed by atoms with Crippen LogP contribution in [0, 0.1) is 0 Å². The molecule has 2 aromatic carbocycles. The number of nitrogens with zero attached hydrogens (tertiary/aromatic N) is 3. The van der Waals surface area contributed by atoms with Crippen LogP contribution in [0.3, 0.4) is 0 Å². The van der Waals surface area contributed by atoms with E-state index in [-0.39, 0.29) is 23.8 Å². The first-order valence-electron chi connectivity index (χ1n) is 8.98. The van der Waals surface area contributed by atoms with Crippen LogP contribution >= 0.6 is 15.9 Å². The minimum absolute atomic E-state index is 0.0806. The number of imide groups is 1. The summed E-state index contributed by atoms with van der Waals surface area (Å²) in [6, 6.07) is 10.8. The molecule has 2 heterocycles. The average molecular weight is 495 g/mol. The lowest BCUT2D eigenvalue weighted by atomic mass is 9.92. The van der Waals surface area contributed by atoms with Crippen LogP contribution in [0.2, 0.25) is 0 Å². The van der Waals surface area contributed by atoms with Gasteiger partial charge in [-0.1, -0.05) is 45.4 Å². The Labute approximate surface area is 182 Å². The van der Waals surface area contributed by atoms with Gasteiger partial charge >= 0.3 is 12.2 Å². The number of rotatable bonds is 4. The highest BCUT2D eigenvalue weighted by Crippen LogP contribution is 2.33. The third-order valence-corrected chi connectivity index (χ3v) is 5.38. The van der Waals surface area contributed by atoms with Crippen LogP contribution in [0.1, 0.15) is 23.9 Å². The van der Waals surface area contributed by atoms with Crippen molar-refractivity contribution in [1.29, 1.82) is 0 Å². The van der Waals surface area contributed by atoms with Gasteiger partial charge in [0.25, 0.3) is 5.91 Å². The molecule has 0 aliphatic carbocycles. The number of halogens is 4. The SMILES string of the molecule is CC1(c2cccc(Br)c2)NC(=O)N(Cc2nc(-c3cccc(C(F)(F)F)c3)no2)C1=O. The largest absolute Gasteiger partial charge is 0.416 e. The molecule has 0 spiro atoms. The summed E-state index contributed by atoms with van der Waals surface area (Å²) in [6.45, 7) is 1.26. The Kier molecular flexibility index (Phi) is 5.08. The van der Waals surface area contributed by atoms with Gasteiger partial charge in [-0.15, -0.1) is 0 Å². The van der Waals surface area contributed by atoms with Crippen LogP contribution in [0.25, 0.3) is 11.4 Å². The molecule has 0 radical (unpaired) electrons. The number of urea groups is 1. The van der Waals surface area contributed by atoms with Gasteiger partial charge in [0.1, 0.15) is 12.1 Å². The van der Waals surface area contributed by atoms with Gasteiger partial charge in [0, 0.05) is 10.0 Å². The highest BCUT2D eigenvalue weighted by molar-refractivity contribution is 9.10. The van der Waals surface area contributed by atoms with E-state index in [0.29, 0.717) is 5.56 Å². The topological polar surface area (TPSA) is 88.3 Å². The van der Waals surface area contributed by atoms with E-state index in [1.54, 1.807) is 31.2 Å². The van der Waals surface area contributed by atoms with Crippen molar-refractivity contribution in [3.8, 4) is 11.4 Å². The zero-order valence-electron chi connectivity index (χ0n) is 15.9. The van der Waals surface area contributed by atoms with Crippen LogP contribution in [0.15, 0.2) is 57.5 Å². The van der Waals surface area contributed by atoms with E-state index in [2.05, 4.69) is 31.4 Å². The van der Waals surface area contributed by atoms with Gasteiger partial charge in [-0.2, -0.15) is 18.2 Å². The Morgan fingerprint density at radius 2 is 1.90 bits per heavy atom. The molecule has 1 unspecified atom stereocenters. The molecule has 160 valence electrons. The highest BCUT2D eigenvalue weighted by Gasteiger charge is 2.49. The molecule has 31 heavy (non-hydrogen) atoms. The maximum atomic E-state index is 13.0. The van der Waals surface area contributed by atoms with E-state index < -0.39 is 29.2 Å². The number of benzene rings is 2. The molecule has 4 rings (SSSR count). The molecule has 3 aromatic rings. The van der Waals surface area contributed by atoms with Gasteiger partial charge in [0.2, 0.25) is 11.7 Å². The number of carbonyl (C=O) groups is 2. The molecule has 7 nitrogen and oxygen atoms in total. The third kappa shape index (κ3) is 3.92. The number of hydrogen-bond acceptors (Lipinski definition) is 5. The molecule has 1 atom stereocenters. The monoisotopic (exact) mass is 494 g/mol. The molecule has 1 aliphatic heterocycles. The molecule has 0 saturated carbocycles. The first kappa shape index (κ1) is 21.0. The summed E-state index contributed by atoms with van der Waals surface area (Å²) in [4.78, 5) is 30.4. The molecule has 1 N–H and O–H groups in total. The number of hydrogen-bond donors (Lipinski definition) is 1. The molecular formula is C20H14BrF3N4O3. The lowest BCUT2D eigenvalue weighted by Gasteiger charge is -2.22. The van der Waals surface area contributed by atoms with Gasteiger partial charge in [0.15, 0.2) is 0 Å². The van der Waals surface area contributed by atoms with Gasteiger partial charge in [-0.3, -0.25) is 9.69 Å². The maximum Gasteiger partial charge on any atom is 0.416 e. The fraction of sp³-hybridized carbons (Fsp3) is 0.200. The summed E-state index contributed by atoms with van der Waals surface area (Å²) < 4.78 is 44.6. The first-order valence-corrected chi connectivity index (χ1v) is 9.77. The average Bonchev–Trinajstić information content (AvgIpc) is 3.27. The molecule has 1 aromatic heterocycles. The van der Waals surface area contributed by atoms with Crippen molar-refractivity contribution in [3.63, 3.8) is 0 Å². The Morgan fingerprint density at radius 1 is 1.16 bits per heavy atom. The van der Waals surface area contributed by atoms with Crippen molar-refractivity contribution in [2.45, 2.75) is 25.2 Å². The van der Waals surface area contributed by atoms with E-state index >= 15 is 0 Å². The zero-order chi connectivity index (χ0) is 22.4. The minimum atomic E-state index is -4.51. The number of alkyl halides is 3. The van der Waals surface area contributed by atoms with Gasteiger partial charge < -0.3 is 9.84 Å². The minimum Gasteiger partial charge on any atom is -0.337 e. The number of carbonyl (C=O) groups excluding carboxylic acids is 2. The lowest BCUT2D eigenvalue weighted by Crippen LogP contribution is -2.40. The van der Waals surface area contributed by atoms with Crippen LogP contribution in [-0.4, -0.2) is 27.0 Å². The normalized spacial score (nSPS) is 19.1. The van der Waals surface area contributed by atoms with E-state index in [1.807, 2.05) is 0 Å². The van der Waals surface area contributed by atoms with Crippen molar-refractivity contribution in [2.75, 3.05) is 0 Å². The number of nitrogens with one attached hydrogen (secondary N) is 1. The molecular weight excluding hydrogens is 481 g/mol. The zero-order valence-corrected chi connectivity index (χ0v) is 17.5. The molecule has 1 fully saturated rings. The molecule has 3 amide bonds. The Balaban J connectivity index is 1.57. The summed E-state index contributed by atoms with van der Waals surface area (Å²) in [7, 11) is 0. The van der Waals surface area contributed by atoms with E-state index in [9.17, 15) is 22.8 Å². The molecule has 11 heteroatoms. The second kappa shape index (κ2) is 7.49. The summed E-state index contributed by atoms with van der Waals surface area (Å²) >= 11 is 3.34. The molecule has 1 aliphatic rings. The van der Waals surface area contributed by atoms with Crippen molar-refractivity contribution in [3.05, 3.63) is 70.0 Å². The van der Waals surface area contributed by atoms with Gasteiger partial charge in [-0.25, -0.2) is 4.79 Å². The molecule has 1 saturated heterocycles. The summed E-state index contributed by atoms with van der Waals surface area (Å²) in [5, 5.41) is 6.34. The lowest BCUT2D eigenvalue weighted by molar-refractivity contribution is -0.137. The van der Waals surface area contributed by atoms with Crippen molar-refractivity contribution in [2.24, 2.45) is 0 Å². The van der Waals surface area contributed by atoms with Crippen molar-refractivity contribution < 1.29 is 27.3 Å².